The first-order chi connectivity index (χ1) is 7.88. The number of rotatable bonds is 5. The van der Waals surface area contributed by atoms with E-state index in [0.717, 1.165) is 23.8 Å². The van der Waals surface area contributed by atoms with E-state index in [4.69, 9.17) is 4.42 Å². The minimum Gasteiger partial charge on any atom is -0.464 e. The van der Waals surface area contributed by atoms with Crippen molar-refractivity contribution in [3.8, 4) is 0 Å². The van der Waals surface area contributed by atoms with E-state index in [-0.39, 0.29) is 0 Å². The van der Waals surface area contributed by atoms with Crippen molar-refractivity contribution in [3.05, 3.63) is 23.7 Å². The van der Waals surface area contributed by atoms with E-state index in [0.29, 0.717) is 6.04 Å². The highest BCUT2D eigenvalue weighted by Crippen LogP contribution is 2.18. The van der Waals surface area contributed by atoms with E-state index < -0.39 is 0 Å². The molecule has 0 radical (unpaired) electrons. The van der Waals surface area contributed by atoms with Crippen LogP contribution in [0.4, 0.5) is 0 Å². The van der Waals surface area contributed by atoms with Crippen LogP contribution in [0.3, 0.4) is 0 Å². The fourth-order valence-electron chi connectivity index (χ4n) is 1.88. The van der Waals surface area contributed by atoms with Crippen LogP contribution in [0.2, 0.25) is 0 Å². The Hall–Kier alpha value is -0.0600. The Labute approximate surface area is 106 Å². The van der Waals surface area contributed by atoms with E-state index in [1.165, 1.54) is 24.3 Å². The molecule has 0 aliphatic carbocycles. The summed E-state index contributed by atoms with van der Waals surface area (Å²) in [6.45, 7) is 0.875. The molecule has 0 bridgehead atoms. The van der Waals surface area contributed by atoms with Gasteiger partial charge in [0, 0.05) is 11.8 Å². The maximum absolute atomic E-state index is 5.72. The lowest BCUT2D eigenvalue weighted by Crippen LogP contribution is -2.33. The monoisotopic (exact) mass is 257 g/mol. The number of thioether (sulfide) groups is 2. The summed E-state index contributed by atoms with van der Waals surface area (Å²) in [7, 11) is 0. The lowest BCUT2D eigenvalue weighted by molar-refractivity contribution is 0.428. The van der Waals surface area contributed by atoms with Gasteiger partial charge in [0.1, 0.15) is 11.5 Å². The highest BCUT2D eigenvalue weighted by atomic mass is 32.2. The molecule has 2 rings (SSSR count). The fourth-order valence-corrected chi connectivity index (χ4v) is 3.43. The Kier molecular flexibility index (Phi) is 5.13. The van der Waals surface area contributed by atoms with Crippen LogP contribution < -0.4 is 5.32 Å². The molecule has 90 valence electrons. The third-order valence-corrected chi connectivity index (χ3v) is 4.52. The topological polar surface area (TPSA) is 25.2 Å². The molecule has 1 aliphatic heterocycles. The van der Waals surface area contributed by atoms with Gasteiger partial charge in [0.05, 0.1) is 12.3 Å². The Morgan fingerprint density at radius 1 is 1.50 bits per heavy atom. The van der Waals surface area contributed by atoms with E-state index in [1.807, 2.05) is 0 Å². The molecule has 1 fully saturated rings. The van der Waals surface area contributed by atoms with Crippen molar-refractivity contribution in [2.24, 2.45) is 0 Å². The van der Waals surface area contributed by atoms with Gasteiger partial charge in [-0.2, -0.15) is 23.5 Å². The highest BCUT2D eigenvalue weighted by Gasteiger charge is 2.13. The van der Waals surface area contributed by atoms with Gasteiger partial charge >= 0.3 is 0 Å². The summed E-state index contributed by atoms with van der Waals surface area (Å²) in [5, 5.41) is 3.57. The van der Waals surface area contributed by atoms with Gasteiger partial charge in [0.25, 0.3) is 0 Å². The summed E-state index contributed by atoms with van der Waals surface area (Å²) in [5.41, 5.74) is 0. The van der Waals surface area contributed by atoms with Crippen LogP contribution in [0.1, 0.15) is 24.4 Å². The van der Waals surface area contributed by atoms with Crippen LogP contribution >= 0.6 is 23.5 Å². The molecule has 1 N–H and O–H groups in total. The Morgan fingerprint density at radius 2 is 2.38 bits per heavy atom. The Morgan fingerprint density at radius 3 is 3.12 bits per heavy atom. The summed E-state index contributed by atoms with van der Waals surface area (Å²) in [4.78, 5) is 0. The summed E-state index contributed by atoms with van der Waals surface area (Å²) in [6, 6.07) is 4.85. The average molecular weight is 257 g/mol. The lowest BCUT2D eigenvalue weighted by atomic mass is 10.2. The van der Waals surface area contributed by atoms with Gasteiger partial charge in [-0.25, -0.2) is 0 Å². The van der Waals surface area contributed by atoms with E-state index in [1.54, 1.807) is 11.8 Å². The van der Waals surface area contributed by atoms with Crippen molar-refractivity contribution in [1.29, 1.82) is 0 Å². The van der Waals surface area contributed by atoms with Crippen molar-refractivity contribution in [2.45, 2.75) is 31.2 Å². The molecule has 0 amide bonds. The highest BCUT2D eigenvalue weighted by molar-refractivity contribution is 7.99. The first kappa shape index (κ1) is 12.4. The van der Waals surface area contributed by atoms with Crippen molar-refractivity contribution in [1.82, 2.24) is 5.32 Å². The summed E-state index contributed by atoms with van der Waals surface area (Å²) < 4.78 is 5.72. The largest absolute Gasteiger partial charge is 0.464 e. The summed E-state index contributed by atoms with van der Waals surface area (Å²) in [5.74, 6) is 5.70. The normalized spacial score (nSPS) is 21.2. The maximum Gasteiger partial charge on any atom is 0.118 e. The summed E-state index contributed by atoms with van der Waals surface area (Å²) in [6.07, 6.45) is 4.75. The minimum absolute atomic E-state index is 0.674. The Bertz CT molecular complexity index is 308. The second-order valence-corrected chi connectivity index (χ2v) is 6.11. The molecule has 1 aliphatic rings. The maximum atomic E-state index is 5.72. The molecule has 2 heterocycles. The molecule has 1 unspecified atom stereocenters. The van der Waals surface area contributed by atoms with Crippen LogP contribution in [-0.4, -0.2) is 23.8 Å². The number of hydrogen-bond donors (Lipinski definition) is 1. The van der Waals surface area contributed by atoms with Gasteiger partial charge in [0.2, 0.25) is 0 Å². The van der Waals surface area contributed by atoms with Crippen LogP contribution in [0.5, 0.6) is 0 Å². The molecule has 0 saturated carbocycles. The first-order valence-corrected chi connectivity index (χ1v) is 8.31. The molecule has 1 aromatic rings. The summed E-state index contributed by atoms with van der Waals surface area (Å²) >= 11 is 3.85. The van der Waals surface area contributed by atoms with Crippen LogP contribution in [0.15, 0.2) is 16.5 Å². The molecule has 16 heavy (non-hydrogen) atoms. The molecule has 1 atom stereocenters. The predicted molar refractivity (Wildman–Crippen MR) is 73.1 cm³/mol. The van der Waals surface area contributed by atoms with Gasteiger partial charge in [-0.15, -0.1) is 0 Å². The molecule has 0 spiro atoms. The van der Waals surface area contributed by atoms with E-state index in [2.05, 4.69) is 35.5 Å². The zero-order valence-electron chi connectivity index (χ0n) is 9.70. The lowest BCUT2D eigenvalue weighted by Gasteiger charge is -2.21. The van der Waals surface area contributed by atoms with Crippen LogP contribution in [0, 0.1) is 0 Å². The van der Waals surface area contributed by atoms with E-state index in [9.17, 15) is 0 Å². The fraction of sp³-hybridized carbons (Fsp3) is 0.667. The van der Waals surface area contributed by atoms with Gasteiger partial charge < -0.3 is 9.73 Å². The van der Waals surface area contributed by atoms with Gasteiger partial charge in [0.15, 0.2) is 0 Å². The van der Waals surface area contributed by atoms with Crippen molar-refractivity contribution < 1.29 is 4.42 Å². The second-order valence-electron chi connectivity index (χ2n) is 4.10. The molecule has 4 heteroatoms. The number of hydrogen-bond acceptors (Lipinski definition) is 4. The molecular formula is C12H19NOS2. The van der Waals surface area contributed by atoms with Crippen LogP contribution in [0.25, 0.3) is 0 Å². The van der Waals surface area contributed by atoms with Crippen LogP contribution in [-0.2, 0) is 12.3 Å². The zero-order valence-corrected chi connectivity index (χ0v) is 11.3. The van der Waals surface area contributed by atoms with E-state index >= 15 is 0 Å². The smallest absolute Gasteiger partial charge is 0.118 e. The number of nitrogens with one attached hydrogen (secondary N) is 1. The van der Waals surface area contributed by atoms with Crippen molar-refractivity contribution in [2.75, 3.05) is 17.8 Å². The predicted octanol–water partition coefficient (Wildman–Crippen LogP) is 3.13. The second kappa shape index (κ2) is 6.62. The molecular weight excluding hydrogens is 238 g/mol. The minimum atomic E-state index is 0.674. The molecule has 1 aromatic heterocycles. The quantitative estimate of drug-likeness (QED) is 0.876. The standard InChI is InChI=1S/C12H19NOS2/c1-15-9-12-5-4-11(14-12)7-13-10-3-2-6-16-8-10/h4-5,10,13H,2-3,6-9H2,1H3. The third-order valence-electron chi connectivity index (χ3n) is 2.73. The van der Waals surface area contributed by atoms with Gasteiger partial charge in [-0.05, 0) is 37.0 Å². The molecule has 2 nitrogen and oxygen atoms in total. The van der Waals surface area contributed by atoms with Crippen molar-refractivity contribution >= 4 is 23.5 Å². The zero-order chi connectivity index (χ0) is 11.2. The third kappa shape index (κ3) is 3.75. The number of furan rings is 1. The molecule has 0 aromatic carbocycles. The molecule has 1 saturated heterocycles. The van der Waals surface area contributed by atoms with Gasteiger partial charge in [-0.3, -0.25) is 0 Å². The Balaban J connectivity index is 1.75. The first-order valence-electron chi connectivity index (χ1n) is 5.76. The SMILES string of the molecule is CSCc1ccc(CNC2CCCSC2)o1. The van der Waals surface area contributed by atoms with Gasteiger partial charge in [-0.1, -0.05) is 0 Å². The average Bonchev–Trinajstić information content (AvgIpc) is 2.76. The van der Waals surface area contributed by atoms with Crippen molar-refractivity contribution in [3.63, 3.8) is 0 Å².